The molecule has 0 atom stereocenters. The number of hydrogen-bond donors (Lipinski definition) is 1. The lowest BCUT2D eigenvalue weighted by Crippen LogP contribution is -2.11. The van der Waals surface area contributed by atoms with Crippen LogP contribution in [0.3, 0.4) is 0 Å². The molecule has 1 amide bonds. The number of imidazole rings is 1. The van der Waals surface area contributed by atoms with E-state index in [1.165, 1.54) is 0 Å². The molecule has 0 fully saturated rings. The summed E-state index contributed by atoms with van der Waals surface area (Å²) in [6.07, 6.45) is 10.9. The van der Waals surface area contributed by atoms with Crippen LogP contribution >= 0.6 is 15.9 Å². The average molecular weight is 462 g/mol. The second-order valence-corrected chi connectivity index (χ2v) is 7.64. The summed E-state index contributed by atoms with van der Waals surface area (Å²) in [4.78, 5) is 17.1. The van der Waals surface area contributed by atoms with Crippen LogP contribution < -0.4 is 5.32 Å². The Hall–Kier alpha value is -3.72. The average Bonchev–Trinajstić information content (AvgIpc) is 3.48. The maximum absolute atomic E-state index is 12.6. The summed E-state index contributed by atoms with van der Waals surface area (Å²) in [6, 6.07) is 13.1. The summed E-state index contributed by atoms with van der Waals surface area (Å²) in [5.74, 6) is -0.199. The SMILES string of the molecule is O=C(Nc1cnn(Cc2cn3ccccc3n2)c1)c1ccc(-n2cc(Br)cn2)cc1. The van der Waals surface area contributed by atoms with E-state index in [1.807, 2.05) is 53.3 Å². The molecule has 148 valence electrons. The van der Waals surface area contributed by atoms with Crippen molar-refractivity contribution in [2.45, 2.75) is 6.54 Å². The van der Waals surface area contributed by atoms with Gasteiger partial charge in [0.15, 0.2) is 0 Å². The number of hydrogen-bond acceptors (Lipinski definition) is 4. The maximum Gasteiger partial charge on any atom is 0.255 e. The van der Waals surface area contributed by atoms with Gasteiger partial charge in [-0.15, -0.1) is 0 Å². The zero-order valence-corrected chi connectivity index (χ0v) is 17.3. The fourth-order valence-corrected chi connectivity index (χ4v) is 3.44. The van der Waals surface area contributed by atoms with Gasteiger partial charge in [0, 0.05) is 30.4 Å². The molecule has 8 nitrogen and oxygen atoms in total. The van der Waals surface area contributed by atoms with Crippen LogP contribution in [-0.4, -0.2) is 34.9 Å². The molecule has 1 aromatic carbocycles. The summed E-state index contributed by atoms with van der Waals surface area (Å²) in [6.45, 7) is 0.520. The van der Waals surface area contributed by atoms with Crippen LogP contribution in [0.2, 0.25) is 0 Å². The van der Waals surface area contributed by atoms with Crippen molar-refractivity contribution in [1.29, 1.82) is 0 Å². The minimum atomic E-state index is -0.199. The van der Waals surface area contributed by atoms with Gasteiger partial charge < -0.3 is 9.72 Å². The molecule has 1 N–H and O–H groups in total. The number of anilines is 1. The monoisotopic (exact) mass is 461 g/mol. The van der Waals surface area contributed by atoms with Crippen molar-refractivity contribution in [2.75, 3.05) is 5.32 Å². The molecular formula is C21H16BrN7O. The number of aromatic nitrogens is 6. The van der Waals surface area contributed by atoms with Crippen molar-refractivity contribution >= 4 is 33.2 Å². The van der Waals surface area contributed by atoms with Crippen LogP contribution in [0.5, 0.6) is 0 Å². The lowest BCUT2D eigenvalue weighted by molar-refractivity contribution is 0.102. The highest BCUT2D eigenvalue weighted by Crippen LogP contribution is 2.15. The van der Waals surface area contributed by atoms with Crippen molar-refractivity contribution in [1.82, 2.24) is 28.9 Å². The molecular weight excluding hydrogens is 446 g/mol. The fourth-order valence-electron chi connectivity index (χ4n) is 3.15. The Bertz CT molecular complexity index is 1300. The highest BCUT2D eigenvalue weighted by molar-refractivity contribution is 9.10. The van der Waals surface area contributed by atoms with E-state index in [0.29, 0.717) is 17.8 Å². The third-order valence-corrected chi connectivity index (χ3v) is 4.98. The number of rotatable bonds is 5. The molecule has 0 unspecified atom stereocenters. The lowest BCUT2D eigenvalue weighted by Gasteiger charge is -2.05. The third-order valence-electron chi connectivity index (χ3n) is 4.57. The highest BCUT2D eigenvalue weighted by atomic mass is 79.9. The first kappa shape index (κ1) is 18.3. The van der Waals surface area contributed by atoms with E-state index in [2.05, 4.69) is 36.4 Å². The summed E-state index contributed by atoms with van der Waals surface area (Å²) >= 11 is 3.38. The van der Waals surface area contributed by atoms with E-state index in [9.17, 15) is 4.79 Å². The molecule has 5 rings (SSSR count). The topological polar surface area (TPSA) is 82.0 Å². The van der Waals surface area contributed by atoms with E-state index in [4.69, 9.17) is 0 Å². The Kier molecular flexibility index (Phi) is 4.64. The predicted molar refractivity (Wildman–Crippen MR) is 116 cm³/mol. The molecule has 0 bridgehead atoms. The molecule has 4 heterocycles. The van der Waals surface area contributed by atoms with Crippen molar-refractivity contribution in [2.24, 2.45) is 0 Å². The second-order valence-electron chi connectivity index (χ2n) is 6.73. The van der Waals surface area contributed by atoms with Crippen LogP contribution in [-0.2, 0) is 6.54 Å². The molecule has 0 spiro atoms. The maximum atomic E-state index is 12.6. The Morgan fingerprint density at radius 2 is 1.87 bits per heavy atom. The standard InChI is InChI=1S/C21H16BrN7O/c22-16-9-24-29(11-16)19-6-4-15(5-7-19)21(30)26-17-10-23-28(13-17)14-18-12-27-8-2-1-3-20(27)25-18/h1-13H,14H2,(H,26,30). The Labute approximate surface area is 179 Å². The summed E-state index contributed by atoms with van der Waals surface area (Å²) in [7, 11) is 0. The Morgan fingerprint density at radius 1 is 1.00 bits per heavy atom. The van der Waals surface area contributed by atoms with Gasteiger partial charge in [-0.2, -0.15) is 10.2 Å². The van der Waals surface area contributed by atoms with E-state index < -0.39 is 0 Å². The van der Waals surface area contributed by atoms with Gasteiger partial charge in [0.1, 0.15) is 5.65 Å². The predicted octanol–water partition coefficient (Wildman–Crippen LogP) is 3.78. The lowest BCUT2D eigenvalue weighted by atomic mass is 10.2. The van der Waals surface area contributed by atoms with Gasteiger partial charge >= 0.3 is 0 Å². The molecule has 0 aliphatic carbocycles. The number of carbonyl (C=O) groups is 1. The molecule has 5 aromatic rings. The van der Waals surface area contributed by atoms with Gasteiger partial charge in [0.2, 0.25) is 0 Å². The normalized spacial score (nSPS) is 11.1. The number of fused-ring (bicyclic) bond motifs is 1. The third kappa shape index (κ3) is 3.74. The molecule has 30 heavy (non-hydrogen) atoms. The molecule has 0 saturated heterocycles. The minimum absolute atomic E-state index is 0.199. The molecule has 0 saturated carbocycles. The number of nitrogens with zero attached hydrogens (tertiary/aromatic N) is 6. The summed E-state index contributed by atoms with van der Waals surface area (Å²) in [5, 5.41) is 11.4. The first-order chi connectivity index (χ1) is 14.6. The number of benzene rings is 1. The fraction of sp³-hybridized carbons (Fsp3) is 0.0476. The Balaban J connectivity index is 1.26. The van der Waals surface area contributed by atoms with Crippen LogP contribution in [0, 0.1) is 0 Å². The first-order valence-corrected chi connectivity index (χ1v) is 10.0. The van der Waals surface area contributed by atoms with Crippen LogP contribution in [0.15, 0.2) is 84.1 Å². The number of carbonyl (C=O) groups excluding carboxylic acids is 1. The zero-order chi connectivity index (χ0) is 20.5. The molecule has 0 aliphatic rings. The smallest absolute Gasteiger partial charge is 0.255 e. The largest absolute Gasteiger partial charge is 0.319 e. The van der Waals surface area contributed by atoms with E-state index in [0.717, 1.165) is 21.5 Å². The summed E-state index contributed by atoms with van der Waals surface area (Å²) in [5.41, 5.74) is 3.83. The van der Waals surface area contributed by atoms with Crippen LogP contribution in [0.4, 0.5) is 5.69 Å². The second kappa shape index (κ2) is 7.60. The van der Waals surface area contributed by atoms with Gasteiger partial charge in [0.25, 0.3) is 5.91 Å². The molecule has 0 aliphatic heterocycles. The van der Waals surface area contributed by atoms with Crippen LogP contribution in [0.1, 0.15) is 16.1 Å². The number of pyridine rings is 1. The van der Waals surface area contributed by atoms with E-state index in [-0.39, 0.29) is 5.91 Å². The quantitative estimate of drug-likeness (QED) is 0.431. The van der Waals surface area contributed by atoms with Crippen molar-refractivity contribution in [3.63, 3.8) is 0 Å². The van der Waals surface area contributed by atoms with Gasteiger partial charge in [-0.1, -0.05) is 6.07 Å². The van der Waals surface area contributed by atoms with Gasteiger partial charge in [0.05, 0.1) is 40.5 Å². The van der Waals surface area contributed by atoms with Gasteiger partial charge in [-0.25, -0.2) is 9.67 Å². The van der Waals surface area contributed by atoms with E-state index >= 15 is 0 Å². The van der Waals surface area contributed by atoms with Crippen molar-refractivity contribution in [3.8, 4) is 5.69 Å². The van der Waals surface area contributed by atoms with E-state index in [1.54, 1.807) is 40.1 Å². The molecule has 9 heteroatoms. The first-order valence-electron chi connectivity index (χ1n) is 9.21. The number of amides is 1. The Morgan fingerprint density at radius 3 is 2.63 bits per heavy atom. The van der Waals surface area contributed by atoms with Crippen molar-refractivity contribution < 1.29 is 4.79 Å². The minimum Gasteiger partial charge on any atom is -0.319 e. The highest BCUT2D eigenvalue weighted by Gasteiger charge is 2.09. The van der Waals surface area contributed by atoms with Gasteiger partial charge in [-0.3, -0.25) is 9.48 Å². The van der Waals surface area contributed by atoms with Crippen LogP contribution in [0.25, 0.3) is 11.3 Å². The molecule has 4 aromatic heterocycles. The van der Waals surface area contributed by atoms with Crippen molar-refractivity contribution in [3.05, 3.63) is 95.4 Å². The molecule has 0 radical (unpaired) electrons. The zero-order valence-electron chi connectivity index (χ0n) is 15.7. The summed E-state index contributed by atoms with van der Waals surface area (Å²) < 4.78 is 6.34. The number of halogens is 1. The number of nitrogens with one attached hydrogen (secondary N) is 1. The van der Waals surface area contributed by atoms with Gasteiger partial charge in [-0.05, 0) is 52.3 Å².